The van der Waals surface area contributed by atoms with Gasteiger partial charge in [0.2, 0.25) is 0 Å². The smallest absolute Gasteiger partial charge is 0.410 e. The Labute approximate surface area is 116 Å². The number of ether oxygens (including phenoxy) is 1. The quantitative estimate of drug-likeness (QED) is 0.787. The average Bonchev–Trinajstić information content (AvgIpc) is 2.24. The van der Waals surface area contributed by atoms with Crippen molar-refractivity contribution in [2.45, 2.75) is 77.9 Å². The molecule has 1 saturated heterocycles. The molecule has 19 heavy (non-hydrogen) atoms. The van der Waals surface area contributed by atoms with Crippen molar-refractivity contribution in [1.29, 1.82) is 0 Å². The first-order valence-corrected chi connectivity index (χ1v) is 7.14. The van der Waals surface area contributed by atoms with Crippen molar-refractivity contribution in [2.75, 3.05) is 6.54 Å². The van der Waals surface area contributed by atoms with Gasteiger partial charge in [-0.1, -0.05) is 0 Å². The van der Waals surface area contributed by atoms with Gasteiger partial charge in [0.1, 0.15) is 11.4 Å². The number of ketones is 1. The van der Waals surface area contributed by atoms with Crippen LogP contribution in [0, 0.1) is 0 Å². The molecule has 4 heteroatoms. The van der Waals surface area contributed by atoms with Crippen molar-refractivity contribution in [1.82, 2.24) is 4.90 Å². The highest BCUT2D eigenvalue weighted by Gasteiger charge is 2.39. The molecule has 1 atom stereocenters. The monoisotopic (exact) mass is 269 g/mol. The van der Waals surface area contributed by atoms with Gasteiger partial charge in [0, 0.05) is 18.5 Å². The van der Waals surface area contributed by atoms with Crippen LogP contribution in [0.15, 0.2) is 0 Å². The number of nitrogens with zero attached hydrogens (tertiary/aromatic N) is 1. The maximum absolute atomic E-state index is 12.3. The zero-order chi connectivity index (χ0) is 14.7. The average molecular weight is 269 g/mol. The molecule has 0 radical (unpaired) electrons. The molecule has 0 aromatic carbocycles. The predicted molar refractivity (Wildman–Crippen MR) is 75.1 cm³/mol. The summed E-state index contributed by atoms with van der Waals surface area (Å²) in [5.41, 5.74) is -0.720. The van der Waals surface area contributed by atoms with Gasteiger partial charge in [-0.05, 0) is 60.3 Å². The third-order valence-electron chi connectivity index (χ3n) is 3.63. The van der Waals surface area contributed by atoms with Crippen LogP contribution in [-0.4, -0.2) is 34.5 Å². The molecule has 1 rings (SSSR count). The van der Waals surface area contributed by atoms with Gasteiger partial charge in [-0.15, -0.1) is 0 Å². The minimum Gasteiger partial charge on any atom is -0.444 e. The third-order valence-corrected chi connectivity index (χ3v) is 3.63. The topological polar surface area (TPSA) is 46.6 Å². The lowest BCUT2D eigenvalue weighted by atomic mass is 9.84. The van der Waals surface area contributed by atoms with Gasteiger partial charge in [0.05, 0.1) is 0 Å². The van der Waals surface area contributed by atoms with E-state index in [0.717, 1.165) is 32.2 Å². The number of carbonyl (C=O) groups is 2. The summed E-state index contributed by atoms with van der Waals surface area (Å²) >= 11 is 0. The third kappa shape index (κ3) is 4.84. The molecular formula is C15H27NO3. The molecule has 0 N–H and O–H groups in total. The summed E-state index contributed by atoms with van der Waals surface area (Å²) in [6.07, 6.45) is 4.05. The molecule has 0 aromatic heterocycles. The second-order valence-corrected chi connectivity index (χ2v) is 6.79. The van der Waals surface area contributed by atoms with E-state index in [-0.39, 0.29) is 17.4 Å². The number of hydrogen-bond acceptors (Lipinski definition) is 3. The summed E-state index contributed by atoms with van der Waals surface area (Å²) in [7, 11) is 0. The van der Waals surface area contributed by atoms with Crippen LogP contribution in [0.5, 0.6) is 0 Å². The summed E-state index contributed by atoms with van der Waals surface area (Å²) in [5.74, 6) is 0.177. The van der Waals surface area contributed by atoms with Gasteiger partial charge < -0.3 is 14.4 Å². The number of hydrogen-bond donors (Lipinski definition) is 0. The molecule has 110 valence electrons. The molecular weight excluding hydrogens is 242 g/mol. The second-order valence-electron chi connectivity index (χ2n) is 6.79. The second kappa shape index (κ2) is 5.93. The summed E-state index contributed by atoms with van der Waals surface area (Å²) < 4.78 is 5.48. The molecule has 1 amide bonds. The molecule has 4 nitrogen and oxygen atoms in total. The van der Waals surface area contributed by atoms with Crippen molar-refractivity contribution in [2.24, 2.45) is 0 Å². The Morgan fingerprint density at radius 3 is 2.42 bits per heavy atom. The van der Waals surface area contributed by atoms with Gasteiger partial charge in [0.25, 0.3) is 0 Å². The Morgan fingerprint density at radius 2 is 1.89 bits per heavy atom. The zero-order valence-electron chi connectivity index (χ0n) is 12.9. The molecule has 1 heterocycles. The Morgan fingerprint density at radius 1 is 1.26 bits per heavy atom. The molecule has 1 aliphatic heterocycles. The summed E-state index contributed by atoms with van der Waals surface area (Å²) in [6, 6.07) is 0. The Hall–Kier alpha value is -1.06. The van der Waals surface area contributed by atoms with E-state index in [2.05, 4.69) is 6.92 Å². The molecule has 0 aliphatic carbocycles. The van der Waals surface area contributed by atoms with Crippen LogP contribution in [-0.2, 0) is 9.53 Å². The highest BCUT2D eigenvalue weighted by atomic mass is 16.6. The van der Waals surface area contributed by atoms with E-state index in [9.17, 15) is 9.59 Å². The molecule has 0 spiro atoms. The van der Waals surface area contributed by atoms with Crippen LogP contribution < -0.4 is 0 Å². The van der Waals surface area contributed by atoms with Crippen LogP contribution in [0.4, 0.5) is 4.79 Å². The minimum absolute atomic E-state index is 0.177. The highest BCUT2D eigenvalue weighted by Crippen LogP contribution is 2.33. The molecule has 0 aromatic rings. The number of carbonyl (C=O) groups excluding carboxylic acids is 2. The van der Waals surface area contributed by atoms with Crippen LogP contribution in [0.25, 0.3) is 0 Å². The SMILES string of the molecule is CC(=O)CCC1(C)CCCCN1C(=O)OC(C)(C)C. The highest BCUT2D eigenvalue weighted by molar-refractivity contribution is 5.75. The fourth-order valence-electron chi connectivity index (χ4n) is 2.51. The number of Topliss-reactive ketones (excluding diaryl/α,β-unsaturated/α-hetero) is 1. The van der Waals surface area contributed by atoms with E-state index < -0.39 is 5.60 Å². The van der Waals surface area contributed by atoms with Crippen LogP contribution in [0.3, 0.4) is 0 Å². The van der Waals surface area contributed by atoms with Gasteiger partial charge in [-0.3, -0.25) is 0 Å². The molecule has 0 bridgehead atoms. The first-order valence-electron chi connectivity index (χ1n) is 7.14. The predicted octanol–water partition coefficient (Wildman–Crippen LogP) is 3.54. The van der Waals surface area contributed by atoms with Crippen molar-refractivity contribution in [3.05, 3.63) is 0 Å². The van der Waals surface area contributed by atoms with E-state index in [1.807, 2.05) is 25.7 Å². The van der Waals surface area contributed by atoms with E-state index in [1.54, 1.807) is 6.92 Å². The van der Waals surface area contributed by atoms with E-state index >= 15 is 0 Å². The van der Waals surface area contributed by atoms with Crippen molar-refractivity contribution in [3.8, 4) is 0 Å². The first-order chi connectivity index (χ1) is 8.64. The first kappa shape index (κ1) is 16.0. The Bertz CT molecular complexity index is 346. The maximum Gasteiger partial charge on any atom is 0.410 e. The van der Waals surface area contributed by atoms with E-state index in [0.29, 0.717) is 6.42 Å². The lowest BCUT2D eigenvalue weighted by Crippen LogP contribution is -2.54. The maximum atomic E-state index is 12.3. The van der Waals surface area contributed by atoms with Crippen molar-refractivity contribution in [3.63, 3.8) is 0 Å². The van der Waals surface area contributed by atoms with E-state index in [1.165, 1.54) is 0 Å². The summed E-state index contributed by atoms with van der Waals surface area (Å²) in [6.45, 7) is 10.0. The lowest BCUT2D eigenvalue weighted by molar-refractivity contribution is -0.118. The van der Waals surface area contributed by atoms with Crippen molar-refractivity contribution >= 4 is 11.9 Å². The van der Waals surface area contributed by atoms with Gasteiger partial charge in [-0.25, -0.2) is 4.79 Å². The van der Waals surface area contributed by atoms with Gasteiger partial charge in [-0.2, -0.15) is 0 Å². The normalized spacial score (nSPS) is 24.2. The number of amides is 1. The van der Waals surface area contributed by atoms with Crippen LogP contribution in [0.1, 0.15) is 66.7 Å². The zero-order valence-corrected chi connectivity index (χ0v) is 12.9. The fourth-order valence-corrected chi connectivity index (χ4v) is 2.51. The fraction of sp³-hybridized carbons (Fsp3) is 0.867. The van der Waals surface area contributed by atoms with E-state index in [4.69, 9.17) is 4.74 Å². The number of likely N-dealkylation sites (tertiary alicyclic amines) is 1. The molecule has 1 aliphatic rings. The summed E-state index contributed by atoms with van der Waals surface area (Å²) in [4.78, 5) is 25.3. The number of rotatable bonds is 3. The van der Waals surface area contributed by atoms with Gasteiger partial charge in [0.15, 0.2) is 0 Å². The molecule has 0 saturated carbocycles. The standard InChI is InChI=1S/C15H27NO3/c1-12(17)8-10-15(5)9-6-7-11-16(15)13(18)19-14(2,3)4/h6-11H2,1-5H3. The minimum atomic E-state index is -0.476. The lowest BCUT2D eigenvalue weighted by Gasteiger charge is -2.45. The largest absolute Gasteiger partial charge is 0.444 e. The van der Waals surface area contributed by atoms with Gasteiger partial charge >= 0.3 is 6.09 Å². The molecule has 1 fully saturated rings. The van der Waals surface area contributed by atoms with Crippen LogP contribution in [0.2, 0.25) is 0 Å². The Balaban J connectivity index is 2.76. The summed E-state index contributed by atoms with van der Waals surface area (Å²) in [5, 5.41) is 0. The number of piperidine rings is 1. The van der Waals surface area contributed by atoms with Crippen molar-refractivity contribution < 1.29 is 14.3 Å². The van der Waals surface area contributed by atoms with Crippen LogP contribution >= 0.6 is 0 Å². The molecule has 1 unspecified atom stereocenters. The Kier molecular flexibility index (Phi) is 4.99.